The number of nitrogens with one attached hydrogen (secondary N) is 1. The quantitative estimate of drug-likeness (QED) is 0.141. The van der Waals surface area contributed by atoms with E-state index in [1.807, 2.05) is 13.0 Å². The lowest BCUT2D eigenvalue weighted by atomic mass is 9.85. The molecule has 0 aromatic heterocycles. The van der Waals surface area contributed by atoms with Crippen molar-refractivity contribution >= 4 is 17.5 Å². The molecule has 2 aliphatic heterocycles. The van der Waals surface area contributed by atoms with E-state index in [9.17, 15) is 19.5 Å². The molecule has 2 N–H and O–H groups in total. The van der Waals surface area contributed by atoms with E-state index in [1.54, 1.807) is 24.3 Å². The van der Waals surface area contributed by atoms with Gasteiger partial charge in [-0.2, -0.15) is 0 Å². The number of benzene rings is 1. The molecule has 2 aliphatic rings. The van der Waals surface area contributed by atoms with Crippen molar-refractivity contribution in [3.05, 3.63) is 59.4 Å². The van der Waals surface area contributed by atoms with Gasteiger partial charge in [0, 0.05) is 32.5 Å². The topological polar surface area (TPSA) is 148 Å². The maximum Gasteiger partial charge on any atom is 0.279 e. The average molecular weight is 550 g/mol. The Morgan fingerprint density at radius 3 is 2.33 bits per heavy atom. The van der Waals surface area contributed by atoms with Gasteiger partial charge in [-0.05, 0) is 13.3 Å². The predicted molar refractivity (Wildman–Crippen MR) is 135 cm³/mol. The van der Waals surface area contributed by atoms with Gasteiger partial charge in [-0.3, -0.25) is 14.4 Å². The molecular formula is C27H35NO11. The summed E-state index contributed by atoms with van der Waals surface area (Å²) in [6, 6.07) is 7.80. The molecule has 1 spiro atoms. The van der Waals surface area contributed by atoms with Gasteiger partial charge in [0.1, 0.15) is 38.3 Å². The first-order valence-corrected chi connectivity index (χ1v) is 12.3. The Balaban J connectivity index is 2.08. The molecule has 39 heavy (non-hydrogen) atoms. The second kappa shape index (κ2) is 13.4. The Hall–Kier alpha value is -2.97. The summed E-state index contributed by atoms with van der Waals surface area (Å²) in [5, 5.41) is 13.8. The number of hydrogen-bond donors (Lipinski definition) is 2. The second-order valence-electron chi connectivity index (χ2n) is 8.89. The van der Waals surface area contributed by atoms with Crippen LogP contribution in [0.5, 0.6) is 0 Å². The van der Waals surface area contributed by atoms with Crippen LogP contribution in [-0.4, -0.2) is 93.9 Å². The van der Waals surface area contributed by atoms with Crippen LogP contribution in [0.1, 0.15) is 30.6 Å². The zero-order valence-electron chi connectivity index (χ0n) is 22.6. The molecule has 1 saturated heterocycles. The molecule has 3 rings (SSSR count). The number of rotatable bonds is 15. The molecule has 214 valence electrons. The summed E-state index contributed by atoms with van der Waals surface area (Å²) in [6.07, 6.45) is 0.506. The van der Waals surface area contributed by atoms with Crippen LogP contribution in [0.2, 0.25) is 0 Å². The van der Waals surface area contributed by atoms with Gasteiger partial charge in [-0.25, -0.2) is 0 Å². The van der Waals surface area contributed by atoms with Crippen LogP contribution < -0.4 is 5.32 Å². The van der Waals surface area contributed by atoms with Crippen LogP contribution in [0.4, 0.5) is 0 Å². The van der Waals surface area contributed by atoms with Crippen LogP contribution in [0.3, 0.4) is 0 Å². The lowest BCUT2D eigenvalue weighted by molar-refractivity contribution is -0.196. The zero-order valence-corrected chi connectivity index (χ0v) is 22.6. The van der Waals surface area contributed by atoms with E-state index in [0.29, 0.717) is 6.42 Å². The van der Waals surface area contributed by atoms with Crippen molar-refractivity contribution in [1.29, 1.82) is 0 Å². The highest BCUT2D eigenvalue weighted by Crippen LogP contribution is 2.45. The molecule has 0 saturated carbocycles. The van der Waals surface area contributed by atoms with Crippen molar-refractivity contribution in [2.45, 2.75) is 49.9 Å². The van der Waals surface area contributed by atoms with E-state index < -0.39 is 53.9 Å². The maximum atomic E-state index is 13.8. The molecule has 0 bridgehead atoms. The van der Waals surface area contributed by atoms with E-state index in [-0.39, 0.29) is 30.5 Å². The number of carbonyl (C=O) groups is 3. The van der Waals surface area contributed by atoms with Crippen molar-refractivity contribution in [3.8, 4) is 0 Å². The van der Waals surface area contributed by atoms with Gasteiger partial charge in [-0.15, -0.1) is 0 Å². The Morgan fingerprint density at radius 2 is 1.72 bits per heavy atom. The summed E-state index contributed by atoms with van der Waals surface area (Å²) in [5.74, 6) is -2.81. The van der Waals surface area contributed by atoms with Gasteiger partial charge in [0.2, 0.25) is 17.3 Å². The predicted octanol–water partition coefficient (Wildman–Crippen LogP) is 1.23. The molecule has 0 aliphatic carbocycles. The molecule has 1 amide bonds. The molecule has 0 unspecified atom stereocenters. The Bertz CT molecular complexity index is 1090. The third-order valence-electron chi connectivity index (χ3n) is 6.31. The van der Waals surface area contributed by atoms with Gasteiger partial charge < -0.3 is 43.6 Å². The van der Waals surface area contributed by atoms with Gasteiger partial charge in [0.25, 0.3) is 11.5 Å². The van der Waals surface area contributed by atoms with E-state index >= 15 is 0 Å². The summed E-state index contributed by atoms with van der Waals surface area (Å²) >= 11 is 0. The highest BCUT2D eigenvalue weighted by molar-refractivity contribution is 6.23. The van der Waals surface area contributed by atoms with Crippen LogP contribution in [0.15, 0.2) is 53.8 Å². The number of ketones is 2. The Labute approximate surface area is 226 Å². The summed E-state index contributed by atoms with van der Waals surface area (Å²) in [4.78, 5) is 40.8. The minimum Gasteiger partial charge on any atom is -0.467 e. The summed E-state index contributed by atoms with van der Waals surface area (Å²) in [7, 11) is 4.18. The monoisotopic (exact) mass is 549 g/mol. The van der Waals surface area contributed by atoms with Gasteiger partial charge >= 0.3 is 0 Å². The van der Waals surface area contributed by atoms with Crippen molar-refractivity contribution < 1.29 is 52.6 Å². The fourth-order valence-corrected chi connectivity index (χ4v) is 4.51. The normalized spacial score (nSPS) is 26.4. The highest BCUT2D eigenvalue weighted by Gasteiger charge is 2.74. The minimum atomic E-state index is -2.65. The number of hydrogen-bond acceptors (Lipinski definition) is 11. The smallest absolute Gasteiger partial charge is 0.279 e. The van der Waals surface area contributed by atoms with Gasteiger partial charge in [-0.1, -0.05) is 49.4 Å². The summed E-state index contributed by atoms with van der Waals surface area (Å²) in [5.41, 5.74) is -5.01. The molecule has 5 atom stereocenters. The first-order valence-electron chi connectivity index (χ1n) is 12.3. The molecule has 1 fully saturated rings. The molecule has 0 radical (unpaired) electrons. The van der Waals surface area contributed by atoms with E-state index in [1.165, 1.54) is 40.4 Å². The van der Waals surface area contributed by atoms with Crippen molar-refractivity contribution in [3.63, 3.8) is 0 Å². The van der Waals surface area contributed by atoms with Crippen molar-refractivity contribution in [1.82, 2.24) is 5.32 Å². The summed E-state index contributed by atoms with van der Waals surface area (Å²) in [6.45, 7) is 2.60. The van der Waals surface area contributed by atoms with Crippen LogP contribution in [0, 0.1) is 0 Å². The van der Waals surface area contributed by atoms with E-state index in [2.05, 4.69) is 5.32 Å². The first kappa shape index (κ1) is 30.6. The highest BCUT2D eigenvalue weighted by atomic mass is 16.7. The number of amides is 1. The standard InChI is InChI=1S/C27H35NO11/c1-6-7-13-19(36-14-33-3)21(37-15-34-4)20-17(2)22(29)26(39-20)24(38-16-35-5)27(32,28-25(26)31)23(30)18-11-9-8-10-12-18/h7-13,19,21,24,32H,6,14-16H2,1-5H3,(H,28,31)/b13-7-/t19-,21-,24+,26+,27+/m0/s1. The number of methoxy groups -OCH3 is 3. The first-order chi connectivity index (χ1) is 18.7. The Kier molecular flexibility index (Phi) is 10.5. The lowest BCUT2D eigenvalue weighted by Gasteiger charge is -2.34. The zero-order chi connectivity index (χ0) is 28.6. The second-order valence-corrected chi connectivity index (χ2v) is 8.89. The molecule has 12 nitrogen and oxygen atoms in total. The van der Waals surface area contributed by atoms with Crippen molar-refractivity contribution in [2.75, 3.05) is 41.7 Å². The number of allylic oxidation sites excluding steroid dienone is 1. The maximum absolute atomic E-state index is 13.8. The largest absolute Gasteiger partial charge is 0.467 e. The summed E-state index contributed by atoms with van der Waals surface area (Å²) < 4.78 is 38.5. The van der Waals surface area contributed by atoms with Crippen LogP contribution >= 0.6 is 0 Å². The van der Waals surface area contributed by atoms with Crippen LogP contribution in [-0.2, 0) is 42.7 Å². The SMILES string of the molecule is CC/C=C\[C@H](OCOC)[C@H](OCOC)C1=C(C)C(=O)[C@]2(O1)C(=O)N[C@@](O)(C(=O)c1ccccc1)[C@@H]2OCOC. The number of aliphatic hydroxyl groups is 1. The number of carbonyl (C=O) groups excluding carboxylic acids is 3. The molecule has 12 heteroatoms. The average Bonchev–Trinajstić information content (AvgIpc) is 3.33. The van der Waals surface area contributed by atoms with Gasteiger partial charge in [0.05, 0.1) is 0 Å². The van der Waals surface area contributed by atoms with E-state index in [4.69, 9.17) is 33.2 Å². The molecule has 2 heterocycles. The number of ether oxygens (including phenoxy) is 7. The van der Waals surface area contributed by atoms with Crippen LogP contribution in [0.25, 0.3) is 0 Å². The fraction of sp³-hybridized carbons (Fsp3) is 0.519. The molecule has 1 aromatic rings. The number of Topliss-reactive ketones (excluding diaryl/α,β-unsaturated/α-hetero) is 2. The third-order valence-corrected chi connectivity index (χ3v) is 6.31. The fourth-order valence-electron chi connectivity index (χ4n) is 4.51. The molecule has 1 aromatic carbocycles. The lowest BCUT2D eigenvalue weighted by Crippen LogP contribution is -2.61. The van der Waals surface area contributed by atoms with Crippen molar-refractivity contribution in [2.24, 2.45) is 0 Å². The minimum absolute atomic E-state index is 0.0181. The Morgan fingerprint density at radius 1 is 1.08 bits per heavy atom. The van der Waals surface area contributed by atoms with Gasteiger partial charge in [0.15, 0.2) is 6.10 Å². The molecular weight excluding hydrogens is 514 g/mol. The van der Waals surface area contributed by atoms with E-state index in [0.717, 1.165) is 0 Å². The third kappa shape index (κ3) is 5.82.